The van der Waals surface area contributed by atoms with Gasteiger partial charge in [-0.05, 0) is 0 Å². The molecular formula is C4H6Cl2O4S. The zero-order valence-corrected chi connectivity index (χ0v) is 7.91. The van der Waals surface area contributed by atoms with Crippen molar-refractivity contribution in [1.29, 1.82) is 0 Å². The van der Waals surface area contributed by atoms with Gasteiger partial charge in [0.1, 0.15) is 0 Å². The molecule has 0 saturated heterocycles. The number of carbonyl (C=O) groups is 1. The summed E-state index contributed by atoms with van der Waals surface area (Å²) in [7, 11) is 1.96. The van der Waals surface area contributed by atoms with E-state index in [1.807, 2.05) is 0 Å². The lowest BCUT2D eigenvalue weighted by Gasteiger charge is -2.05. The first-order chi connectivity index (χ1) is 4.93. The third-order valence-electron chi connectivity index (χ3n) is 0.944. The van der Waals surface area contributed by atoms with E-state index in [9.17, 15) is 13.2 Å². The summed E-state index contributed by atoms with van der Waals surface area (Å²) in [6, 6.07) is 0. The number of esters is 1. The SMILES string of the molecule is COC(=O)C(CCl)S(=O)(=O)Cl. The Morgan fingerprint density at radius 1 is 1.64 bits per heavy atom. The molecular weight excluding hydrogens is 215 g/mol. The van der Waals surface area contributed by atoms with Gasteiger partial charge in [-0.15, -0.1) is 11.6 Å². The average Bonchev–Trinajstić information content (AvgIpc) is 1.86. The number of alkyl halides is 1. The van der Waals surface area contributed by atoms with Crippen LogP contribution in [0.25, 0.3) is 0 Å². The van der Waals surface area contributed by atoms with Gasteiger partial charge < -0.3 is 4.74 Å². The molecule has 66 valence electrons. The molecule has 0 bridgehead atoms. The van der Waals surface area contributed by atoms with Crippen LogP contribution in [0, 0.1) is 0 Å². The summed E-state index contributed by atoms with van der Waals surface area (Å²) in [5, 5.41) is -1.48. The molecule has 1 atom stereocenters. The second-order valence-electron chi connectivity index (χ2n) is 1.64. The number of carbonyl (C=O) groups excluding carboxylic acids is 1. The van der Waals surface area contributed by atoms with Crippen molar-refractivity contribution < 1.29 is 17.9 Å². The minimum atomic E-state index is -3.96. The maximum absolute atomic E-state index is 10.6. The molecule has 0 rings (SSSR count). The van der Waals surface area contributed by atoms with Crippen molar-refractivity contribution in [2.45, 2.75) is 5.25 Å². The molecule has 7 heteroatoms. The van der Waals surface area contributed by atoms with Crippen LogP contribution < -0.4 is 0 Å². The molecule has 0 amide bonds. The molecule has 0 aliphatic rings. The summed E-state index contributed by atoms with van der Waals surface area (Å²) in [4.78, 5) is 10.6. The highest BCUT2D eigenvalue weighted by Crippen LogP contribution is 2.10. The van der Waals surface area contributed by atoms with E-state index in [-0.39, 0.29) is 0 Å². The maximum Gasteiger partial charge on any atom is 0.326 e. The van der Waals surface area contributed by atoms with Crippen LogP contribution >= 0.6 is 22.3 Å². The van der Waals surface area contributed by atoms with E-state index in [1.54, 1.807) is 0 Å². The lowest BCUT2D eigenvalue weighted by atomic mass is 10.5. The highest BCUT2D eigenvalue weighted by atomic mass is 35.7. The zero-order chi connectivity index (χ0) is 9.07. The molecule has 0 saturated carbocycles. The smallest absolute Gasteiger partial charge is 0.326 e. The lowest BCUT2D eigenvalue weighted by Crippen LogP contribution is -2.29. The molecule has 0 aliphatic carbocycles. The second kappa shape index (κ2) is 4.13. The highest BCUT2D eigenvalue weighted by molar-refractivity contribution is 8.14. The van der Waals surface area contributed by atoms with Crippen molar-refractivity contribution in [2.24, 2.45) is 0 Å². The Bertz CT molecular complexity index is 234. The molecule has 0 aromatic carbocycles. The van der Waals surface area contributed by atoms with Crippen molar-refractivity contribution >= 4 is 37.3 Å². The summed E-state index contributed by atoms with van der Waals surface area (Å²) in [5.41, 5.74) is 0. The number of hydrogen-bond acceptors (Lipinski definition) is 4. The Morgan fingerprint density at radius 2 is 2.09 bits per heavy atom. The van der Waals surface area contributed by atoms with Crippen LogP contribution in [-0.2, 0) is 18.6 Å². The van der Waals surface area contributed by atoms with Crippen LogP contribution in [0.1, 0.15) is 0 Å². The van der Waals surface area contributed by atoms with Gasteiger partial charge in [0.25, 0.3) is 0 Å². The Morgan fingerprint density at radius 3 is 2.18 bits per heavy atom. The number of hydrogen-bond donors (Lipinski definition) is 0. The number of methoxy groups -OCH3 is 1. The van der Waals surface area contributed by atoms with E-state index < -0.39 is 26.2 Å². The Hall–Kier alpha value is -0.000000000000000111. The predicted octanol–water partition coefficient (Wildman–Crippen LogP) is 0.335. The first-order valence-electron chi connectivity index (χ1n) is 2.50. The van der Waals surface area contributed by atoms with Crippen molar-refractivity contribution in [2.75, 3.05) is 13.0 Å². The van der Waals surface area contributed by atoms with Crippen LogP contribution in [0.4, 0.5) is 0 Å². The number of halogens is 2. The third-order valence-corrected chi connectivity index (χ3v) is 3.12. The predicted molar refractivity (Wildman–Crippen MR) is 41.3 cm³/mol. The van der Waals surface area contributed by atoms with E-state index >= 15 is 0 Å². The van der Waals surface area contributed by atoms with Crippen molar-refractivity contribution in [3.05, 3.63) is 0 Å². The highest BCUT2D eigenvalue weighted by Gasteiger charge is 2.30. The van der Waals surface area contributed by atoms with E-state index in [0.29, 0.717) is 0 Å². The van der Waals surface area contributed by atoms with Crippen molar-refractivity contribution in [3.8, 4) is 0 Å². The van der Waals surface area contributed by atoms with Gasteiger partial charge in [-0.3, -0.25) is 4.79 Å². The summed E-state index contributed by atoms with van der Waals surface area (Å²) in [6.07, 6.45) is 0. The van der Waals surface area contributed by atoms with E-state index in [1.165, 1.54) is 0 Å². The van der Waals surface area contributed by atoms with Gasteiger partial charge in [-0.2, -0.15) is 0 Å². The van der Waals surface area contributed by atoms with Gasteiger partial charge >= 0.3 is 5.97 Å². The van der Waals surface area contributed by atoms with E-state index in [0.717, 1.165) is 7.11 Å². The van der Waals surface area contributed by atoms with Crippen LogP contribution in [0.5, 0.6) is 0 Å². The van der Waals surface area contributed by atoms with Crippen molar-refractivity contribution in [1.82, 2.24) is 0 Å². The Balaban J connectivity index is 4.56. The van der Waals surface area contributed by atoms with Gasteiger partial charge in [-0.1, -0.05) is 0 Å². The Kier molecular flexibility index (Phi) is 4.13. The quantitative estimate of drug-likeness (QED) is 0.391. The minimum absolute atomic E-state index is 0.404. The molecule has 0 radical (unpaired) electrons. The Labute approximate surface area is 73.8 Å². The standard InChI is InChI=1S/C4H6Cl2O4S/c1-10-4(7)3(2-5)11(6,8)9/h3H,2H2,1H3. The monoisotopic (exact) mass is 220 g/mol. The van der Waals surface area contributed by atoms with Crippen LogP contribution in [-0.4, -0.2) is 32.6 Å². The van der Waals surface area contributed by atoms with Gasteiger partial charge in [0.2, 0.25) is 9.05 Å². The van der Waals surface area contributed by atoms with Crippen LogP contribution in [0.2, 0.25) is 0 Å². The molecule has 0 aromatic heterocycles. The molecule has 0 fully saturated rings. The second-order valence-corrected chi connectivity index (χ2v) is 4.76. The number of rotatable bonds is 3. The fourth-order valence-electron chi connectivity index (χ4n) is 0.385. The lowest BCUT2D eigenvalue weighted by molar-refractivity contribution is -0.139. The normalized spacial score (nSPS) is 14.1. The van der Waals surface area contributed by atoms with Gasteiger partial charge in [0.15, 0.2) is 5.25 Å². The molecule has 1 unspecified atom stereocenters. The maximum atomic E-state index is 10.6. The molecule has 4 nitrogen and oxygen atoms in total. The fraction of sp³-hybridized carbons (Fsp3) is 0.750. The van der Waals surface area contributed by atoms with E-state index in [4.69, 9.17) is 22.3 Å². The minimum Gasteiger partial charge on any atom is -0.468 e. The third kappa shape index (κ3) is 3.27. The first kappa shape index (κ1) is 11.0. The first-order valence-corrected chi connectivity index (χ1v) is 5.41. The van der Waals surface area contributed by atoms with Gasteiger partial charge in [0.05, 0.1) is 13.0 Å². The summed E-state index contributed by atoms with van der Waals surface area (Å²) in [5.74, 6) is -1.35. The van der Waals surface area contributed by atoms with Crippen LogP contribution in [0.3, 0.4) is 0 Å². The molecule has 0 heterocycles. The topological polar surface area (TPSA) is 60.4 Å². The molecule has 0 spiro atoms. The van der Waals surface area contributed by atoms with Crippen LogP contribution in [0.15, 0.2) is 0 Å². The van der Waals surface area contributed by atoms with Crippen molar-refractivity contribution in [3.63, 3.8) is 0 Å². The fourth-order valence-corrected chi connectivity index (χ4v) is 2.09. The van der Waals surface area contributed by atoms with Gasteiger partial charge in [-0.25, -0.2) is 8.42 Å². The summed E-state index contributed by atoms with van der Waals surface area (Å²) >= 11 is 5.16. The number of ether oxygens (including phenoxy) is 1. The van der Waals surface area contributed by atoms with E-state index in [2.05, 4.69) is 4.74 Å². The molecule has 0 aromatic rings. The summed E-state index contributed by atoms with van der Waals surface area (Å²) < 4.78 is 25.2. The molecule has 0 N–H and O–H groups in total. The average molecular weight is 221 g/mol. The largest absolute Gasteiger partial charge is 0.468 e. The molecule has 0 aliphatic heterocycles. The summed E-state index contributed by atoms with van der Waals surface area (Å²) in [6.45, 7) is 0. The molecule has 11 heavy (non-hydrogen) atoms. The zero-order valence-electron chi connectivity index (χ0n) is 5.58. The van der Waals surface area contributed by atoms with Gasteiger partial charge in [0, 0.05) is 10.7 Å².